The number of nitrogens with zero attached hydrogens (tertiary/aromatic N) is 2. The molecule has 3 N–H and O–H groups in total. The van der Waals surface area contributed by atoms with E-state index in [9.17, 15) is 23.6 Å². The third kappa shape index (κ3) is 4.86. The number of nitrogens with one attached hydrogen (secondary N) is 3. The van der Waals surface area contributed by atoms with Gasteiger partial charge in [-0.2, -0.15) is 4.98 Å². The maximum absolute atomic E-state index is 13.4. The third-order valence-electron chi connectivity index (χ3n) is 5.76. The molecule has 0 saturated carbocycles. The molecule has 3 heterocycles. The number of fused-ring (bicyclic) bond motifs is 1. The molecule has 0 radical (unpaired) electrons. The predicted molar refractivity (Wildman–Crippen MR) is 117 cm³/mol. The van der Waals surface area contributed by atoms with Gasteiger partial charge in [0.25, 0.3) is 5.56 Å². The number of esters is 1. The average molecular weight is 457 g/mol. The van der Waals surface area contributed by atoms with E-state index in [0.717, 1.165) is 6.07 Å². The normalized spacial score (nSPS) is 18.3. The number of H-pyrrole nitrogens is 1. The molecule has 2 amide bonds. The summed E-state index contributed by atoms with van der Waals surface area (Å²) in [4.78, 5) is 58.9. The van der Waals surface area contributed by atoms with Gasteiger partial charge in [0.2, 0.25) is 17.8 Å². The molecule has 1 unspecified atom stereocenters. The monoisotopic (exact) mass is 457 g/mol. The number of hydrogen-bond acceptors (Lipinski definition) is 7. The Kier molecular flexibility index (Phi) is 6.38. The van der Waals surface area contributed by atoms with Gasteiger partial charge in [0.15, 0.2) is 0 Å². The van der Waals surface area contributed by atoms with Crippen molar-refractivity contribution in [3.05, 3.63) is 46.0 Å². The van der Waals surface area contributed by atoms with Gasteiger partial charge in [0, 0.05) is 25.2 Å². The fourth-order valence-electron chi connectivity index (χ4n) is 4.12. The molecule has 10 nitrogen and oxygen atoms in total. The third-order valence-corrected chi connectivity index (χ3v) is 5.76. The van der Waals surface area contributed by atoms with Gasteiger partial charge in [-0.1, -0.05) is 6.07 Å². The van der Waals surface area contributed by atoms with Gasteiger partial charge < -0.3 is 20.3 Å². The van der Waals surface area contributed by atoms with E-state index in [0.29, 0.717) is 32.5 Å². The second kappa shape index (κ2) is 9.39. The van der Waals surface area contributed by atoms with Crippen LogP contribution in [0.2, 0.25) is 0 Å². The zero-order chi connectivity index (χ0) is 23.5. The van der Waals surface area contributed by atoms with E-state index in [2.05, 4.69) is 20.6 Å². The molecule has 174 valence electrons. The summed E-state index contributed by atoms with van der Waals surface area (Å²) in [5.41, 5.74) is -0.270. The van der Waals surface area contributed by atoms with E-state index in [4.69, 9.17) is 4.74 Å². The van der Waals surface area contributed by atoms with Crippen molar-refractivity contribution in [2.75, 3.05) is 35.2 Å². The number of carbonyl (C=O) groups excluding carboxylic acids is 3. The van der Waals surface area contributed by atoms with Crippen LogP contribution in [0, 0.1) is 11.7 Å². The van der Waals surface area contributed by atoms with Crippen LogP contribution in [0.1, 0.15) is 37.7 Å². The summed E-state index contributed by atoms with van der Waals surface area (Å²) in [6.45, 7) is 3.03. The van der Waals surface area contributed by atoms with Crippen LogP contribution in [-0.4, -0.2) is 47.4 Å². The Morgan fingerprint density at radius 2 is 2.03 bits per heavy atom. The van der Waals surface area contributed by atoms with Crippen molar-refractivity contribution in [3.8, 4) is 0 Å². The average Bonchev–Trinajstić information content (AvgIpc) is 2.78. The number of ether oxygens (including phenoxy) is 1. The van der Waals surface area contributed by atoms with Crippen molar-refractivity contribution in [2.45, 2.75) is 32.1 Å². The highest BCUT2D eigenvalue weighted by atomic mass is 19.1. The molecule has 33 heavy (non-hydrogen) atoms. The van der Waals surface area contributed by atoms with Gasteiger partial charge in [-0.25, -0.2) is 4.39 Å². The molecule has 1 aromatic heterocycles. The summed E-state index contributed by atoms with van der Waals surface area (Å²) in [5.74, 6) is -2.81. The number of halogens is 1. The maximum atomic E-state index is 13.4. The summed E-state index contributed by atoms with van der Waals surface area (Å²) in [5, 5.41) is 5.12. The van der Waals surface area contributed by atoms with Crippen LogP contribution < -0.4 is 21.1 Å². The Bertz CT molecular complexity index is 1140. The van der Waals surface area contributed by atoms with Gasteiger partial charge in [-0.15, -0.1) is 0 Å². The number of aromatic amines is 1. The molecule has 11 heteroatoms. The molecule has 0 aliphatic carbocycles. The highest BCUT2D eigenvalue weighted by Crippen LogP contribution is 2.31. The lowest BCUT2D eigenvalue weighted by Gasteiger charge is -2.32. The van der Waals surface area contributed by atoms with Crippen LogP contribution in [0.4, 0.5) is 21.8 Å². The molecule has 2 aromatic rings. The van der Waals surface area contributed by atoms with Crippen LogP contribution in [-0.2, 0) is 19.1 Å². The quantitative estimate of drug-likeness (QED) is 0.583. The smallest absolute Gasteiger partial charge is 0.309 e. The van der Waals surface area contributed by atoms with Crippen molar-refractivity contribution in [1.82, 2.24) is 9.97 Å². The van der Waals surface area contributed by atoms with Crippen molar-refractivity contribution in [3.63, 3.8) is 0 Å². The van der Waals surface area contributed by atoms with E-state index in [1.165, 1.54) is 18.2 Å². The summed E-state index contributed by atoms with van der Waals surface area (Å²) in [7, 11) is 0. The summed E-state index contributed by atoms with van der Waals surface area (Å²) >= 11 is 0. The number of piperidine rings is 1. The molecule has 1 atom stereocenters. The Hall–Kier alpha value is -3.76. The SMILES string of the molecule is CCOC(=O)C1CCN(c2nc3c(c(=O)[nH]2)C(C(=O)Nc2cccc(F)c2)CC(=O)N3)CC1. The fourth-order valence-corrected chi connectivity index (χ4v) is 4.12. The predicted octanol–water partition coefficient (Wildman–Crippen LogP) is 1.75. The van der Waals surface area contributed by atoms with E-state index >= 15 is 0 Å². The lowest BCUT2D eigenvalue weighted by molar-refractivity contribution is -0.148. The van der Waals surface area contributed by atoms with Crippen LogP contribution >= 0.6 is 0 Å². The molecular weight excluding hydrogens is 433 g/mol. The molecule has 2 aliphatic rings. The largest absolute Gasteiger partial charge is 0.466 e. The number of hydrogen-bond donors (Lipinski definition) is 3. The van der Waals surface area contributed by atoms with Crippen molar-refractivity contribution < 1.29 is 23.5 Å². The Morgan fingerprint density at radius 1 is 1.27 bits per heavy atom. The highest BCUT2D eigenvalue weighted by Gasteiger charge is 2.36. The molecule has 4 rings (SSSR count). The van der Waals surface area contributed by atoms with Gasteiger partial charge in [0.1, 0.15) is 11.6 Å². The summed E-state index contributed by atoms with van der Waals surface area (Å²) in [6.07, 6.45) is 0.860. The van der Waals surface area contributed by atoms with Crippen LogP contribution in [0.5, 0.6) is 0 Å². The zero-order valence-electron chi connectivity index (χ0n) is 18.0. The Balaban J connectivity index is 1.54. The van der Waals surface area contributed by atoms with Crippen molar-refractivity contribution >= 4 is 35.2 Å². The summed E-state index contributed by atoms with van der Waals surface area (Å²) < 4.78 is 18.5. The minimum atomic E-state index is -1.07. The number of rotatable bonds is 5. The second-order valence-corrected chi connectivity index (χ2v) is 7.97. The first-order valence-corrected chi connectivity index (χ1v) is 10.8. The first-order valence-electron chi connectivity index (χ1n) is 10.8. The maximum Gasteiger partial charge on any atom is 0.309 e. The van der Waals surface area contributed by atoms with Gasteiger partial charge in [-0.05, 0) is 38.0 Å². The number of benzene rings is 1. The molecule has 1 aromatic carbocycles. The number of amides is 2. The minimum Gasteiger partial charge on any atom is -0.466 e. The topological polar surface area (TPSA) is 133 Å². The standard InChI is InChI=1S/C22H24FN5O5/c1-2-33-21(32)12-6-8-28(9-7-12)22-26-18-17(20(31)27-22)15(11-16(29)25-18)19(30)24-14-5-3-4-13(23)10-14/h3-5,10,12,15H,2,6-9,11H2,1H3,(H,24,30)(H2,25,26,27,29,31). The summed E-state index contributed by atoms with van der Waals surface area (Å²) in [6, 6.07) is 5.34. The minimum absolute atomic E-state index is 0.0249. The van der Waals surface area contributed by atoms with Gasteiger partial charge >= 0.3 is 5.97 Å². The van der Waals surface area contributed by atoms with Gasteiger partial charge in [-0.3, -0.25) is 24.2 Å². The van der Waals surface area contributed by atoms with Crippen molar-refractivity contribution in [1.29, 1.82) is 0 Å². The molecule has 0 spiro atoms. The first-order chi connectivity index (χ1) is 15.9. The lowest BCUT2D eigenvalue weighted by Crippen LogP contribution is -2.41. The molecule has 1 fully saturated rings. The fraction of sp³-hybridized carbons (Fsp3) is 0.409. The second-order valence-electron chi connectivity index (χ2n) is 7.97. The molecule has 1 saturated heterocycles. The van der Waals surface area contributed by atoms with E-state index in [1.807, 2.05) is 4.90 Å². The van der Waals surface area contributed by atoms with Crippen LogP contribution in [0.3, 0.4) is 0 Å². The lowest BCUT2D eigenvalue weighted by atomic mass is 9.92. The number of aromatic nitrogens is 2. The first kappa shape index (κ1) is 22.4. The van der Waals surface area contributed by atoms with Crippen LogP contribution in [0.25, 0.3) is 0 Å². The zero-order valence-corrected chi connectivity index (χ0v) is 18.0. The molecule has 2 aliphatic heterocycles. The number of carbonyl (C=O) groups is 3. The Morgan fingerprint density at radius 3 is 2.73 bits per heavy atom. The Labute approximate surface area is 188 Å². The molecule has 0 bridgehead atoms. The van der Waals surface area contributed by atoms with Crippen LogP contribution in [0.15, 0.2) is 29.1 Å². The van der Waals surface area contributed by atoms with E-state index in [1.54, 1.807) is 6.92 Å². The number of anilines is 3. The van der Waals surface area contributed by atoms with Gasteiger partial charge in [0.05, 0.1) is 24.0 Å². The van der Waals surface area contributed by atoms with Crippen molar-refractivity contribution in [2.24, 2.45) is 5.92 Å². The molecular formula is C22H24FN5O5. The highest BCUT2D eigenvalue weighted by molar-refractivity contribution is 6.04. The van der Waals surface area contributed by atoms with E-state index in [-0.39, 0.29) is 41.3 Å². The van der Waals surface area contributed by atoms with E-state index < -0.39 is 29.1 Å².